The van der Waals surface area contributed by atoms with E-state index in [1.165, 1.54) is 14.0 Å². The Morgan fingerprint density at radius 1 is 1.27 bits per heavy atom. The summed E-state index contributed by atoms with van der Waals surface area (Å²) in [6.07, 6.45) is 0. The summed E-state index contributed by atoms with van der Waals surface area (Å²) >= 11 is 0. The predicted octanol–water partition coefficient (Wildman–Crippen LogP) is 1.68. The van der Waals surface area contributed by atoms with Gasteiger partial charge in [-0.15, -0.1) is 0 Å². The van der Waals surface area contributed by atoms with Crippen molar-refractivity contribution in [2.24, 2.45) is 0 Å². The first kappa shape index (κ1) is 11.7. The van der Waals surface area contributed by atoms with Crippen molar-refractivity contribution in [3.8, 4) is 0 Å². The molecule has 1 aromatic carbocycles. The molecule has 3 nitrogen and oxygen atoms in total. The van der Waals surface area contributed by atoms with Gasteiger partial charge in [0.15, 0.2) is 5.60 Å². The number of carbonyl (C=O) groups excluding carboxylic acids is 1. The van der Waals surface area contributed by atoms with Gasteiger partial charge in [0.1, 0.15) is 0 Å². The quantitative estimate of drug-likeness (QED) is 0.752. The maximum Gasteiger partial charge on any atom is 0.342 e. The Balaban J connectivity index is 3.20. The molecule has 0 saturated carbocycles. The van der Waals surface area contributed by atoms with Gasteiger partial charge in [-0.1, -0.05) is 29.3 Å². The van der Waals surface area contributed by atoms with Crippen LogP contribution in [0.5, 0.6) is 0 Å². The van der Waals surface area contributed by atoms with Crippen LogP contribution in [0.15, 0.2) is 18.2 Å². The van der Waals surface area contributed by atoms with Crippen LogP contribution in [0.2, 0.25) is 0 Å². The molecule has 0 saturated heterocycles. The second-order valence-corrected chi connectivity index (χ2v) is 3.94. The third-order valence-corrected chi connectivity index (χ3v) is 2.37. The van der Waals surface area contributed by atoms with E-state index < -0.39 is 11.6 Å². The predicted molar refractivity (Wildman–Crippen MR) is 57.5 cm³/mol. The van der Waals surface area contributed by atoms with Gasteiger partial charge in [0.2, 0.25) is 0 Å². The molecule has 1 unspecified atom stereocenters. The molecule has 3 heteroatoms. The van der Waals surface area contributed by atoms with Crippen molar-refractivity contribution in [2.45, 2.75) is 26.4 Å². The molecule has 0 radical (unpaired) electrons. The Kier molecular flexibility index (Phi) is 3.15. The Morgan fingerprint density at radius 2 is 1.73 bits per heavy atom. The first-order valence-electron chi connectivity index (χ1n) is 4.77. The van der Waals surface area contributed by atoms with Gasteiger partial charge in [0, 0.05) is 0 Å². The average molecular weight is 208 g/mol. The summed E-state index contributed by atoms with van der Waals surface area (Å²) in [5.74, 6) is -0.646. The first-order chi connectivity index (χ1) is 6.87. The van der Waals surface area contributed by atoms with Crippen molar-refractivity contribution >= 4 is 5.97 Å². The molecule has 1 rings (SSSR count). The number of hydrogen-bond donors (Lipinski definition) is 1. The molecule has 0 amide bonds. The minimum absolute atomic E-state index is 0.562. The number of ether oxygens (including phenoxy) is 1. The fourth-order valence-electron chi connectivity index (χ4n) is 1.57. The zero-order valence-electron chi connectivity index (χ0n) is 9.50. The van der Waals surface area contributed by atoms with Crippen molar-refractivity contribution in [3.63, 3.8) is 0 Å². The molecule has 0 aliphatic heterocycles. The Labute approximate surface area is 89.7 Å². The highest BCUT2D eigenvalue weighted by Gasteiger charge is 2.33. The van der Waals surface area contributed by atoms with Crippen LogP contribution in [0.25, 0.3) is 0 Å². The molecule has 0 aliphatic carbocycles. The molecule has 1 N–H and O–H groups in total. The van der Waals surface area contributed by atoms with E-state index in [-0.39, 0.29) is 0 Å². The lowest BCUT2D eigenvalue weighted by Gasteiger charge is -2.21. The number of rotatable bonds is 2. The van der Waals surface area contributed by atoms with Crippen LogP contribution in [0.1, 0.15) is 23.6 Å². The van der Waals surface area contributed by atoms with Gasteiger partial charge in [0.25, 0.3) is 0 Å². The summed E-state index contributed by atoms with van der Waals surface area (Å²) < 4.78 is 4.56. The summed E-state index contributed by atoms with van der Waals surface area (Å²) in [7, 11) is 1.26. The van der Waals surface area contributed by atoms with E-state index in [2.05, 4.69) is 4.74 Å². The van der Waals surface area contributed by atoms with E-state index in [9.17, 15) is 9.90 Å². The molecule has 0 heterocycles. The fraction of sp³-hybridized carbons (Fsp3) is 0.417. The molecular weight excluding hydrogens is 192 g/mol. The van der Waals surface area contributed by atoms with E-state index in [0.717, 1.165) is 11.1 Å². The molecular formula is C12H16O3. The van der Waals surface area contributed by atoms with E-state index in [0.29, 0.717) is 5.56 Å². The Hall–Kier alpha value is -1.35. The second kappa shape index (κ2) is 4.03. The van der Waals surface area contributed by atoms with Gasteiger partial charge in [-0.3, -0.25) is 0 Å². The summed E-state index contributed by atoms with van der Waals surface area (Å²) in [6.45, 7) is 5.28. The number of aryl methyl sites for hydroxylation is 2. The summed E-state index contributed by atoms with van der Waals surface area (Å²) in [6, 6.07) is 5.55. The highest BCUT2D eigenvalue weighted by atomic mass is 16.5. The van der Waals surface area contributed by atoms with Crippen LogP contribution in [0.3, 0.4) is 0 Å². The lowest BCUT2D eigenvalue weighted by molar-refractivity contribution is -0.161. The third kappa shape index (κ3) is 2.36. The molecule has 82 valence electrons. The van der Waals surface area contributed by atoms with E-state index in [4.69, 9.17) is 0 Å². The topological polar surface area (TPSA) is 46.5 Å². The van der Waals surface area contributed by atoms with Crippen molar-refractivity contribution in [1.82, 2.24) is 0 Å². The van der Waals surface area contributed by atoms with Crippen LogP contribution in [0, 0.1) is 13.8 Å². The minimum atomic E-state index is -1.58. The molecule has 15 heavy (non-hydrogen) atoms. The zero-order valence-corrected chi connectivity index (χ0v) is 9.50. The Morgan fingerprint density at radius 3 is 2.13 bits per heavy atom. The highest BCUT2D eigenvalue weighted by Crippen LogP contribution is 2.24. The monoisotopic (exact) mass is 208 g/mol. The van der Waals surface area contributed by atoms with Crippen LogP contribution in [-0.2, 0) is 15.1 Å². The molecule has 0 fully saturated rings. The minimum Gasteiger partial charge on any atom is -0.467 e. The van der Waals surface area contributed by atoms with Crippen molar-refractivity contribution in [2.75, 3.05) is 7.11 Å². The maximum absolute atomic E-state index is 11.4. The third-order valence-electron chi connectivity index (χ3n) is 2.37. The number of esters is 1. The van der Waals surface area contributed by atoms with Crippen molar-refractivity contribution in [1.29, 1.82) is 0 Å². The second-order valence-electron chi connectivity index (χ2n) is 3.94. The standard InChI is InChI=1S/C12H16O3/c1-8-5-9(2)7-10(6-8)12(3,14)11(13)15-4/h5-7,14H,1-4H3. The van der Waals surface area contributed by atoms with Gasteiger partial charge in [-0.05, 0) is 26.3 Å². The average Bonchev–Trinajstić information content (AvgIpc) is 2.15. The molecule has 0 spiro atoms. The number of benzene rings is 1. The summed E-state index contributed by atoms with van der Waals surface area (Å²) in [4.78, 5) is 11.4. The Bertz CT molecular complexity index is 360. The van der Waals surface area contributed by atoms with Crippen molar-refractivity contribution in [3.05, 3.63) is 34.9 Å². The lowest BCUT2D eigenvalue weighted by Crippen LogP contribution is -2.33. The van der Waals surface area contributed by atoms with Crippen LogP contribution in [0.4, 0.5) is 0 Å². The maximum atomic E-state index is 11.4. The fourth-order valence-corrected chi connectivity index (χ4v) is 1.57. The van der Waals surface area contributed by atoms with Gasteiger partial charge in [-0.25, -0.2) is 4.79 Å². The SMILES string of the molecule is COC(=O)C(C)(O)c1cc(C)cc(C)c1. The molecule has 0 bridgehead atoms. The smallest absolute Gasteiger partial charge is 0.342 e. The lowest BCUT2D eigenvalue weighted by atomic mass is 9.93. The van der Waals surface area contributed by atoms with Gasteiger partial charge in [0.05, 0.1) is 7.11 Å². The van der Waals surface area contributed by atoms with E-state index >= 15 is 0 Å². The van der Waals surface area contributed by atoms with E-state index in [1.807, 2.05) is 19.9 Å². The number of aliphatic hydroxyl groups is 1. The highest BCUT2D eigenvalue weighted by molar-refractivity contribution is 5.80. The molecule has 1 aromatic rings. The number of methoxy groups -OCH3 is 1. The largest absolute Gasteiger partial charge is 0.467 e. The van der Waals surface area contributed by atoms with Crippen molar-refractivity contribution < 1.29 is 14.6 Å². The first-order valence-corrected chi connectivity index (χ1v) is 4.77. The van der Waals surface area contributed by atoms with E-state index in [1.54, 1.807) is 12.1 Å². The van der Waals surface area contributed by atoms with Crippen LogP contribution < -0.4 is 0 Å². The normalized spacial score (nSPS) is 14.5. The number of carbonyl (C=O) groups is 1. The molecule has 0 aliphatic rings. The van der Waals surface area contributed by atoms with Gasteiger partial charge >= 0.3 is 5.97 Å². The summed E-state index contributed by atoms with van der Waals surface area (Å²) in [5.41, 5.74) is 1.00. The van der Waals surface area contributed by atoms with Gasteiger partial charge in [-0.2, -0.15) is 0 Å². The zero-order chi connectivity index (χ0) is 11.6. The van der Waals surface area contributed by atoms with Gasteiger partial charge < -0.3 is 9.84 Å². The summed E-state index contributed by atoms with van der Waals surface area (Å²) in [5, 5.41) is 10.0. The van der Waals surface area contributed by atoms with Crippen LogP contribution >= 0.6 is 0 Å². The molecule has 1 atom stereocenters. The number of hydrogen-bond acceptors (Lipinski definition) is 3. The van der Waals surface area contributed by atoms with Crippen LogP contribution in [-0.4, -0.2) is 18.2 Å². The molecule has 0 aromatic heterocycles.